The smallest absolute Gasteiger partial charge is 0.260 e. The lowest BCUT2D eigenvalue weighted by Gasteiger charge is -2.02. The molecule has 3 aromatic heterocycles. The van der Waals surface area contributed by atoms with Crippen molar-refractivity contribution < 1.29 is 4.79 Å². The van der Waals surface area contributed by atoms with Crippen molar-refractivity contribution in [2.24, 2.45) is 0 Å². The average molecular weight is 391 g/mol. The largest absolute Gasteiger partial charge is 0.298 e. The van der Waals surface area contributed by atoms with Gasteiger partial charge in [-0.05, 0) is 18.2 Å². The molecule has 0 aliphatic heterocycles. The van der Waals surface area contributed by atoms with Crippen LogP contribution in [0.3, 0.4) is 0 Å². The van der Waals surface area contributed by atoms with Crippen LogP contribution in [0.5, 0.6) is 0 Å². The van der Waals surface area contributed by atoms with Gasteiger partial charge in [0.1, 0.15) is 9.49 Å². The van der Waals surface area contributed by atoms with Crippen LogP contribution in [0.25, 0.3) is 11.3 Å². The van der Waals surface area contributed by atoms with Gasteiger partial charge in [-0.3, -0.25) is 10.1 Å². The number of anilines is 1. The third-order valence-electron chi connectivity index (χ3n) is 2.66. The van der Waals surface area contributed by atoms with Crippen LogP contribution in [0.2, 0.25) is 13.8 Å². The fraction of sp³-hybridized carbons (Fsp3) is 0. The van der Waals surface area contributed by atoms with Gasteiger partial charge >= 0.3 is 0 Å². The molecule has 3 heterocycles. The Morgan fingerprint density at radius 1 is 1.27 bits per heavy atom. The van der Waals surface area contributed by atoms with E-state index in [2.05, 4.69) is 15.3 Å². The minimum Gasteiger partial charge on any atom is -0.298 e. The van der Waals surface area contributed by atoms with Gasteiger partial charge in [0.15, 0.2) is 5.13 Å². The summed E-state index contributed by atoms with van der Waals surface area (Å²) in [5.41, 5.74) is 1.69. The van der Waals surface area contributed by atoms with Crippen molar-refractivity contribution in [2.45, 2.75) is 0 Å². The van der Waals surface area contributed by atoms with Crippen LogP contribution < -0.4 is 5.32 Å². The first-order chi connectivity index (χ1) is 10.5. The van der Waals surface area contributed by atoms with Crippen LogP contribution in [0.1, 0.15) is 10.4 Å². The zero-order chi connectivity index (χ0) is 15.7. The first kappa shape index (κ1) is 15.7. The highest BCUT2D eigenvalue weighted by Gasteiger charge is 2.15. The van der Waals surface area contributed by atoms with Crippen molar-refractivity contribution in [2.75, 3.05) is 5.32 Å². The third-order valence-corrected chi connectivity index (χ3v) is 5.21. The molecule has 0 unspecified atom stereocenters. The first-order valence-corrected chi connectivity index (χ1v) is 8.70. The quantitative estimate of drug-likeness (QED) is 0.602. The molecule has 112 valence electrons. The zero-order valence-electron chi connectivity index (χ0n) is 10.6. The van der Waals surface area contributed by atoms with Crippen LogP contribution in [0, 0.1) is 0 Å². The molecule has 0 aliphatic rings. The van der Waals surface area contributed by atoms with Gasteiger partial charge in [0, 0.05) is 17.1 Å². The summed E-state index contributed by atoms with van der Waals surface area (Å²) in [4.78, 5) is 20.3. The Morgan fingerprint density at radius 3 is 2.77 bits per heavy atom. The number of amides is 1. The highest BCUT2D eigenvalue weighted by Crippen LogP contribution is 2.39. The molecule has 0 aromatic carbocycles. The molecule has 1 amide bonds. The van der Waals surface area contributed by atoms with E-state index in [0.29, 0.717) is 19.5 Å². The number of hydrogen-bond donors (Lipinski definition) is 1. The predicted octanol–water partition coefficient (Wildman–Crippen LogP) is 5.48. The summed E-state index contributed by atoms with van der Waals surface area (Å²) >= 11 is 20.5. The van der Waals surface area contributed by atoms with Gasteiger partial charge in [-0.15, -0.1) is 22.7 Å². The summed E-state index contributed by atoms with van der Waals surface area (Å²) in [6, 6.07) is 4.98. The van der Waals surface area contributed by atoms with Crippen molar-refractivity contribution in [1.29, 1.82) is 0 Å². The number of aromatic nitrogens is 2. The normalized spacial score (nSPS) is 10.7. The second kappa shape index (κ2) is 6.52. The maximum atomic E-state index is 12.1. The standard InChI is InChI=1S/C13H6Cl3N3OS2/c14-9-4-7(11(16)22-9)8-5-21-13(18-8)19-12(20)6-2-1-3-17-10(6)15/h1-5H,(H,18,19,20). The summed E-state index contributed by atoms with van der Waals surface area (Å²) in [6.45, 7) is 0. The minimum absolute atomic E-state index is 0.143. The van der Waals surface area contributed by atoms with Crippen molar-refractivity contribution in [1.82, 2.24) is 9.97 Å². The van der Waals surface area contributed by atoms with Gasteiger partial charge in [0.25, 0.3) is 5.91 Å². The number of nitrogens with one attached hydrogen (secondary N) is 1. The van der Waals surface area contributed by atoms with E-state index < -0.39 is 0 Å². The molecule has 22 heavy (non-hydrogen) atoms. The van der Waals surface area contributed by atoms with Crippen LogP contribution in [-0.2, 0) is 0 Å². The monoisotopic (exact) mass is 389 g/mol. The average Bonchev–Trinajstić information content (AvgIpc) is 3.05. The van der Waals surface area contributed by atoms with E-state index in [0.717, 1.165) is 5.56 Å². The maximum Gasteiger partial charge on any atom is 0.260 e. The van der Waals surface area contributed by atoms with E-state index in [1.165, 1.54) is 28.9 Å². The molecule has 0 saturated carbocycles. The molecule has 0 fully saturated rings. The molecule has 0 atom stereocenters. The van der Waals surface area contributed by atoms with Crippen molar-refractivity contribution in [3.05, 3.63) is 49.2 Å². The van der Waals surface area contributed by atoms with E-state index in [1.54, 1.807) is 23.6 Å². The fourth-order valence-corrected chi connectivity index (χ4v) is 4.08. The summed E-state index contributed by atoms with van der Waals surface area (Å²) in [5.74, 6) is -0.367. The number of halogens is 3. The second-order valence-electron chi connectivity index (χ2n) is 4.07. The van der Waals surface area contributed by atoms with Gasteiger partial charge < -0.3 is 0 Å². The lowest BCUT2D eigenvalue weighted by molar-refractivity contribution is 0.102. The van der Waals surface area contributed by atoms with Gasteiger partial charge in [-0.25, -0.2) is 9.97 Å². The summed E-state index contributed by atoms with van der Waals surface area (Å²) in [6.07, 6.45) is 1.52. The Balaban J connectivity index is 1.82. The maximum absolute atomic E-state index is 12.1. The number of pyridine rings is 1. The summed E-state index contributed by atoms with van der Waals surface area (Å²) in [5, 5.41) is 5.07. The Kier molecular flexibility index (Phi) is 4.65. The fourth-order valence-electron chi connectivity index (χ4n) is 1.69. The Labute approximate surface area is 148 Å². The van der Waals surface area contributed by atoms with Crippen LogP contribution in [0.15, 0.2) is 29.8 Å². The van der Waals surface area contributed by atoms with Gasteiger partial charge in [0.2, 0.25) is 0 Å². The molecule has 0 radical (unpaired) electrons. The molecule has 3 aromatic rings. The van der Waals surface area contributed by atoms with Crippen molar-refractivity contribution in [3.63, 3.8) is 0 Å². The molecule has 0 saturated heterocycles. The highest BCUT2D eigenvalue weighted by atomic mass is 35.5. The molecule has 0 spiro atoms. The predicted molar refractivity (Wildman–Crippen MR) is 92.6 cm³/mol. The SMILES string of the molecule is O=C(Nc1nc(-c2cc(Cl)sc2Cl)cs1)c1cccnc1Cl. The number of hydrogen-bond acceptors (Lipinski definition) is 5. The minimum atomic E-state index is -0.367. The lowest BCUT2D eigenvalue weighted by Crippen LogP contribution is -2.12. The Hall–Kier alpha value is -1.18. The van der Waals surface area contributed by atoms with E-state index >= 15 is 0 Å². The molecule has 1 N–H and O–H groups in total. The van der Waals surface area contributed by atoms with E-state index in [-0.39, 0.29) is 16.6 Å². The van der Waals surface area contributed by atoms with Crippen molar-refractivity contribution in [3.8, 4) is 11.3 Å². The molecular weight excluding hydrogens is 385 g/mol. The molecular formula is C13H6Cl3N3OS2. The van der Waals surface area contributed by atoms with Crippen molar-refractivity contribution >= 4 is 68.5 Å². The Morgan fingerprint density at radius 2 is 2.09 bits per heavy atom. The highest BCUT2D eigenvalue weighted by molar-refractivity contribution is 7.20. The number of thiophene rings is 1. The zero-order valence-corrected chi connectivity index (χ0v) is 14.5. The number of rotatable bonds is 3. The van der Waals surface area contributed by atoms with Gasteiger partial charge in [-0.2, -0.15) is 0 Å². The number of nitrogens with zero attached hydrogens (tertiary/aromatic N) is 2. The number of thiazole rings is 1. The molecule has 4 nitrogen and oxygen atoms in total. The van der Waals surface area contributed by atoms with Crippen LogP contribution in [0.4, 0.5) is 5.13 Å². The number of carbonyl (C=O) groups excluding carboxylic acids is 1. The molecule has 3 rings (SSSR count). The van der Waals surface area contributed by atoms with Gasteiger partial charge in [-0.1, -0.05) is 34.8 Å². The molecule has 0 aliphatic carbocycles. The lowest BCUT2D eigenvalue weighted by atomic mass is 10.3. The van der Waals surface area contributed by atoms with Crippen LogP contribution in [-0.4, -0.2) is 15.9 Å². The van der Waals surface area contributed by atoms with Gasteiger partial charge in [0.05, 0.1) is 15.6 Å². The van der Waals surface area contributed by atoms with Crippen LogP contribution >= 0.6 is 57.5 Å². The van der Waals surface area contributed by atoms with E-state index in [9.17, 15) is 4.79 Å². The second-order valence-corrected chi connectivity index (χ2v) is 7.57. The summed E-state index contributed by atoms with van der Waals surface area (Å²) < 4.78 is 1.14. The van der Waals surface area contributed by atoms with E-state index in [1.807, 2.05) is 0 Å². The first-order valence-electron chi connectivity index (χ1n) is 5.87. The molecule has 0 bridgehead atoms. The number of carbonyl (C=O) groups is 1. The third kappa shape index (κ3) is 3.26. The molecule has 9 heteroatoms. The Bertz CT molecular complexity index is 847. The topological polar surface area (TPSA) is 54.9 Å². The summed E-state index contributed by atoms with van der Waals surface area (Å²) in [7, 11) is 0. The van der Waals surface area contributed by atoms with E-state index in [4.69, 9.17) is 34.8 Å².